The molecule has 2 aromatic rings. The van der Waals surface area contributed by atoms with Crippen LogP contribution in [-0.2, 0) is 0 Å². The van der Waals surface area contributed by atoms with Crippen LogP contribution >= 0.6 is 15.9 Å². The summed E-state index contributed by atoms with van der Waals surface area (Å²) < 4.78 is 14.5. The highest BCUT2D eigenvalue weighted by Crippen LogP contribution is 2.25. The molecule has 7 heteroatoms. The first-order valence-electron chi connectivity index (χ1n) is 7.09. The molecule has 0 spiro atoms. The van der Waals surface area contributed by atoms with Gasteiger partial charge in [0, 0.05) is 13.2 Å². The lowest BCUT2D eigenvalue weighted by atomic mass is 10.1. The zero-order chi connectivity index (χ0) is 16.8. The van der Waals surface area contributed by atoms with Crippen LogP contribution in [0, 0.1) is 12.7 Å². The number of aliphatic hydroxyl groups excluding tert-OH is 1. The Morgan fingerprint density at radius 1 is 1.35 bits per heavy atom. The summed E-state index contributed by atoms with van der Waals surface area (Å²) in [6, 6.07) is 6.36. The quantitative estimate of drug-likeness (QED) is 0.530. The highest BCUT2D eigenvalue weighted by molar-refractivity contribution is 9.10. The molecule has 0 radical (unpaired) electrons. The zero-order valence-corrected chi connectivity index (χ0v) is 14.2. The lowest BCUT2D eigenvalue weighted by Crippen LogP contribution is -2.26. The maximum Gasteiger partial charge on any atom is 0.253 e. The predicted molar refractivity (Wildman–Crippen MR) is 90.4 cm³/mol. The summed E-state index contributed by atoms with van der Waals surface area (Å²) in [5.41, 5.74) is 1.82. The molecule has 0 fully saturated rings. The van der Waals surface area contributed by atoms with Crippen molar-refractivity contribution < 1.29 is 14.3 Å². The van der Waals surface area contributed by atoms with Gasteiger partial charge in [-0.25, -0.2) is 9.37 Å². The second kappa shape index (κ2) is 8.03. The van der Waals surface area contributed by atoms with Crippen LogP contribution in [0.3, 0.4) is 0 Å². The number of anilines is 2. The van der Waals surface area contributed by atoms with Gasteiger partial charge < -0.3 is 15.7 Å². The molecule has 23 heavy (non-hydrogen) atoms. The number of nitrogens with zero attached hydrogens (tertiary/aromatic N) is 1. The van der Waals surface area contributed by atoms with E-state index in [-0.39, 0.29) is 18.2 Å². The van der Waals surface area contributed by atoms with E-state index in [1.807, 2.05) is 0 Å². The van der Waals surface area contributed by atoms with E-state index in [2.05, 4.69) is 31.5 Å². The van der Waals surface area contributed by atoms with Crippen molar-refractivity contribution in [1.29, 1.82) is 0 Å². The second-order valence-electron chi connectivity index (χ2n) is 4.99. The molecule has 1 amide bonds. The number of benzene rings is 1. The zero-order valence-electron chi connectivity index (χ0n) is 12.6. The fourth-order valence-corrected chi connectivity index (χ4v) is 2.29. The largest absolute Gasteiger partial charge is 0.396 e. The molecule has 122 valence electrons. The van der Waals surface area contributed by atoms with Crippen molar-refractivity contribution in [2.24, 2.45) is 0 Å². The summed E-state index contributed by atoms with van der Waals surface area (Å²) in [7, 11) is 0. The van der Waals surface area contributed by atoms with Crippen molar-refractivity contribution in [2.75, 3.05) is 18.5 Å². The van der Waals surface area contributed by atoms with Crippen LogP contribution in [0.2, 0.25) is 0 Å². The van der Waals surface area contributed by atoms with Gasteiger partial charge in [0.25, 0.3) is 5.91 Å². The lowest BCUT2D eigenvalue weighted by Gasteiger charge is -2.13. The minimum atomic E-state index is -0.403. The van der Waals surface area contributed by atoms with Crippen molar-refractivity contribution >= 4 is 33.2 Å². The lowest BCUT2D eigenvalue weighted by molar-refractivity contribution is 0.0952. The molecule has 0 aliphatic carbocycles. The Hall–Kier alpha value is -1.99. The van der Waals surface area contributed by atoms with Gasteiger partial charge in [-0.15, -0.1) is 0 Å². The number of carbonyl (C=O) groups is 1. The highest BCUT2D eigenvalue weighted by Gasteiger charge is 2.14. The minimum Gasteiger partial charge on any atom is -0.396 e. The Kier molecular flexibility index (Phi) is 6.06. The molecule has 0 aliphatic heterocycles. The summed E-state index contributed by atoms with van der Waals surface area (Å²) in [6.07, 6.45) is 1.93. The molecular weight excluding hydrogens is 365 g/mol. The SMILES string of the molecule is Cc1ccc(Nc2cnc(Br)cc2C(=O)NCCCO)c(F)c1. The average Bonchev–Trinajstić information content (AvgIpc) is 2.51. The van der Waals surface area contributed by atoms with Gasteiger partial charge >= 0.3 is 0 Å². The number of pyridine rings is 1. The molecule has 0 saturated heterocycles. The number of halogens is 2. The van der Waals surface area contributed by atoms with Crippen LogP contribution in [0.1, 0.15) is 22.3 Å². The van der Waals surface area contributed by atoms with Gasteiger partial charge in [0.05, 0.1) is 23.1 Å². The van der Waals surface area contributed by atoms with Crippen LogP contribution in [0.25, 0.3) is 0 Å². The molecule has 3 N–H and O–H groups in total. The Morgan fingerprint density at radius 2 is 2.13 bits per heavy atom. The molecule has 1 heterocycles. The number of amides is 1. The van der Waals surface area contributed by atoms with Crippen LogP contribution in [0.4, 0.5) is 15.8 Å². The smallest absolute Gasteiger partial charge is 0.253 e. The average molecular weight is 382 g/mol. The van der Waals surface area contributed by atoms with Crippen molar-refractivity contribution in [1.82, 2.24) is 10.3 Å². The number of aliphatic hydroxyl groups is 1. The van der Waals surface area contributed by atoms with Gasteiger partial charge in [-0.1, -0.05) is 6.07 Å². The predicted octanol–water partition coefficient (Wildman–Crippen LogP) is 3.15. The number of aryl methyl sites for hydroxylation is 1. The highest BCUT2D eigenvalue weighted by atomic mass is 79.9. The van der Waals surface area contributed by atoms with Crippen LogP contribution in [0.5, 0.6) is 0 Å². The van der Waals surface area contributed by atoms with Gasteiger partial charge in [0.1, 0.15) is 10.4 Å². The normalized spacial score (nSPS) is 10.4. The third kappa shape index (κ3) is 4.74. The summed E-state index contributed by atoms with van der Waals surface area (Å²) in [5, 5.41) is 14.4. The van der Waals surface area contributed by atoms with E-state index in [0.717, 1.165) is 5.56 Å². The molecule has 1 aromatic heterocycles. The fraction of sp³-hybridized carbons (Fsp3) is 0.250. The number of hydrogen-bond acceptors (Lipinski definition) is 4. The molecule has 0 aliphatic rings. The van der Waals surface area contributed by atoms with Gasteiger partial charge in [-0.3, -0.25) is 4.79 Å². The maximum absolute atomic E-state index is 14.0. The molecule has 0 saturated carbocycles. The number of nitrogens with one attached hydrogen (secondary N) is 2. The van der Waals surface area contributed by atoms with Gasteiger partial charge in [-0.2, -0.15) is 0 Å². The van der Waals surface area contributed by atoms with E-state index in [9.17, 15) is 9.18 Å². The molecule has 0 atom stereocenters. The van der Waals surface area contributed by atoms with E-state index in [4.69, 9.17) is 5.11 Å². The Balaban J connectivity index is 2.26. The standard InChI is InChI=1S/C16H17BrFN3O2/c1-10-3-4-13(12(18)7-10)21-14-9-20-15(17)8-11(14)16(23)19-5-2-6-22/h3-4,7-9,21-22H,2,5-6H2,1H3,(H,19,23). The summed E-state index contributed by atoms with van der Waals surface area (Å²) in [4.78, 5) is 16.3. The van der Waals surface area contributed by atoms with Gasteiger partial charge in [-0.05, 0) is 53.0 Å². The van der Waals surface area contributed by atoms with Crippen molar-refractivity contribution in [3.8, 4) is 0 Å². The first kappa shape index (κ1) is 17.4. The third-order valence-corrected chi connectivity index (χ3v) is 3.56. The molecule has 5 nitrogen and oxygen atoms in total. The maximum atomic E-state index is 14.0. The summed E-state index contributed by atoms with van der Waals surface area (Å²) in [5.74, 6) is -0.726. The number of hydrogen-bond donors (Lipinski definition) is 3. The minimum absolute atomic E-state index is 0.00000446. The Labute approximate surface area is 142 Å². The molecule has 2 rings (SSSR count). The van der Waals surface area contributed by atoms with E-state index >= 15 is 0 Å². The fourth-order valence-electron chi connectivity index (χ4n) is 1.96. The number of carbonyl (C=O) groups excluding carboxylic acids is 1. The van der Waals surface area contributed by atoms with Crippen molar-refractivity contribution in [3.63, 3.8) is 0 Å². The van der Waals surface area contributed by atoms with Gasteiger partial charge in [0.15, 0.2) is 0 Å². The molecule has 0 unspecified atom stereocenters. The first-order chi connectivity index (χ1) is 11.0. The number of rotatable bonds is 6. The van der Waals surface area contributed by atoms with E-state index in [1.54, 1.807) is 25.1 Å². The Morgan fingerprint density at radius 3 is 2.83 bits per heavy atom. The van der Waals surface area contributed by atoms with E-state index in [0.29, 0.717) is 28.8 Å². The van der Waals surface area contributed by atoms with E-state index in [1.165, 1.54) is 12.3 Å². The van der Waals surface area contributed by atoms with Crippen LogP contribution in [0.15, 0.2) is 35.1 Å². The monoisotopic (exact) mass is 381 g/mol. The third-order valence-electron chi connectivity index (χ3n) is 3.13. The van der Waals surface area contributed by atoms with Gasteiger partial charge in [0.2, 0.25) is 0 Å². The van der Waals surface area contributed by atoms with Crippen molar-refractivity contribution in [3.05, 3.63) is 52.0 Å². The Bertz CT molecular complexity index is 710. The first-order valence-corrected chi connectivity index (χ1v) is 7.88. The topological polar surface area (TPSA) is 74.2 Å². The molecule has 0 bridgehead atoms. The summed E-state index contributed by atoms with van der Waals surface area (Å²) >= 11 is 3.22. The van der Waals surface area contributed by atoms with Crippen molar-refractivity contribution in [2.45, 2.75) is 13.3 Å². The summed E-state index contributed by atoms with van der Waals surface area (Å²) in [6.45, 7) is 2.15. The molecular formula is C16H17BrFN3O2. The van der Waals surface area contributed by atoms with E-state index < -0.39 is 5.82 Å². The van der Waals surface area contributed by atoms with Crippen LogP contribution in [-0.4, -0.2) is 29.1 Å². The number of aromatic nitrogens is 1. The van der Waals surface area contributed by atoms with Crippen LogP contribution < -0.4 is 10.6 Å². The second-order valence-corrected chi connectivity index (χ2v) is 5.81. The molecule has 1 aromatic carbocycles.